The van der Waals surface area contributed by atoms with Gasteiger partial charge in [0.05, 0.1) is 0 Å². The van der Waals surface area contributed by atoms with E-state index in [9.17, 15) is 13.5 Å². The molecule has 0 bridgehead atoms. The van der Waals surface area contributed by atoms with Crippen LogP contribution < -0.4 is 5.73 Å². The van der Waals surface area contributed by atoms with Crippen LogP contribution in [0.15, 0.2) is 24.3 Å². The average Bonchev–Trinajstić information content (AvgIpc) is 2.14. The molecule has 0 aliphatic rings. The van der Waals surface area contributed by atoms with Crippen LogP contribution >= 0.6 is 38.5 Å². The maximum Gasteiger partial charge on any atom is 0.206 e. The summed E-state index contributed by atoms with van der Waals surface area (Å²) in [5.41, 5.74) is 6.50. The third-order valence-corrected chi connectivity index (χ3v) is 8.44. The van der Waals surface area contributed by atoms with Crippen molar-refractivity contribution in [1.29, 1.82) is 0 Å². The summed E-state index contributed by atoms with van der Waals surface area (Å²) in [6, 6.07) is 6.50. The summed E-state index contributed by atoms with van der Waals surface area (Å²) in [6.45, 7) is 0. The highest BCUT2D eigenvalue weighted by molar-refractivity contribution is 14.1. The van der Waals surface area contributed by atoms with E-state index in [-0.39, 0.29) is 0 Å². The Kier molecular flexibility index (Phi) is 4.25. The van der Waals surface area contributed by atoms with Gasteiger partial charge in [-0.05, 0) is 40.3 Å². The molecule has 1 aromatic rings. The molecule has 0 saturated heterocycles. The van der Waals surface area contributed by atoms with Crippen molar-refractivity contribution in [3.8, 4) is 0 Å². The van der Waals surface area contributed by atoms with E-state index in [1.807, 2.05) is 0 Å². The van der Waals surface area contributed by atoms with Gasteiger partial charge in [0, 0.05) is 11.9 Å². The first-order valence-corrected chi connectivity index (χ1v) is 8.03. The fraction of sp³-hybridized carbons (Fsp3) is 0.333. The van der Waals surface area contributed by atoms with Crippen molar-refractivity contribution in [2.24, 2.45) is 0 Å². The lowest BCUT2D eigenvalue weighted by Gasteiger charge is -2.25. The standard InChI is InChI=1S/C9H11BrINO3S/c1-16(14,15)9(10,11)8(13)6-3-2-4-7(12)5-6/h2-5,8,13H,12H2,1H3/t8-,9+/m0/s1. The van der Waals surface area contributed by atoms with Crippen LogP contribution in [0.2, 0.25) is 0 Å². The highest BCUT2D eigenvalue weighted by Crippen LogP contribution is 2.44. The number of anilines is 1. The molecule has 0 saturated carbocycles. The summed E-state index contributed by atoms with van der Waals surface area (Å²) in [6.07, 6.45) is -0.129. The van der Waals surface area contributed by atoms with Crippen molar-refractivity contribution in [3.05, 3.63) is 29.8 Å². The van der Waals surface area contributed by atoms with Crippen LogP contribution in [0.25, 0.3) is 0 Å². The third kappa shape index (κ3) is 2.88. The monoisotopic (exact) mass is 419 g/mol. The SMILES string of the molecule is CS(=O)(=O)[C@](Br)(I)[C@@H](O)c1cccc(N)c1. The predicted molar refractivity (Wildman–Crippen MR) is 76.3 cm³/mol. The van der Waals surface area contributed by atoms with Crippen LogP contribution in [0.4, 0.5) is 5.69 Å². The molecule has 90 valence electrons. The van der Waals surface area contributed by atoms with E-state index < -0.39 is 17.6 Å². The number of nitrogens with two attached hydrogens (primary N) is 1. The quantitative estimate of drug-likeness (QED) is 0.445. The summed E-state index contributed by atoms with van der Waals surface area (Å²) < 4.78 is 21.6. The highest BCUT2D eigenvalue weighted by atomic mass is 127. The molecule has 2 atom stereocenters. The second-order valence-electron chi connectivity index (χ2n) is 3.41. The summed E-state index contributed by atoms with van der Waals surface area (Å²) in [5, 5.41) is 10.0. The van der Waals surface area contributed by atoms with E-state index in [4.69, 9.17) is 5.73 Å². The molecule has 7 heteroatoms. The van der Waals surface area contributed by atoms with Gasteiger partial charge in [-0.25, -0.2) is 8.42 Å². The molecular formula is C9H11BrINO3S. The molecule has 1 rings (SSSR count). The Bertz CT molecular complexity index is 489. The second-order valence-corrected chi connectivity index (χ2v) is 11.3. The molecule has 16 heavy (non-hydrogen) atoms. The van der Waals surface area contributed by atoms with Crippen molar-refractivity contribution in [2.45, 2.75) is 7.77 Å². The van der Waals surface area contributed by atoms with Crippen molar-refractivity contribution in [2.75, 3.05) is 12.0 Å². The lowest BCUT2D eigenvalue weighted by atomic mass is 10.1. The average molecular weight is 420 g/mol. The molecule has 1 aromatic carbocycles. The summed E-state index contributed by atoms with van der Waals surface area (Å²) in [4.78, 5) is 0. The van der Waals surface area contributed by atoms with Crippen LogP contribution in [0.3, 0.4) is 0 Å². The van der Waals surface area contributed by atoms with E-state index in [0.717, 1.165) is 6.26 Å². The minimum Gasteiger partial charge on any atom is -0.399 e. The fourth-order valence-corrected chi connectivity index (χ4v) is 2.29. The summed E-state index contributed by atoms with van der Waals surface area (Å²) in [5.74, 6) is 0. The zero-order valence-electron chi connectivity index (χ0n) is 8.39. The van der Waals surface area contributed by atoms with Gasteiger partial charge in [0.1, 0.15) is 6.10 Å². The van der Waals surface area contributed by atoms with Gasteiger partial charge in [-0.1, -0.05) is 28.1 Å². The molecule has 0 radical (unpaired) electrons. The van der Waals surface area contributed by atoms with E-state index in [2.05, 4.69) is 15.9 Å². The number of nitrogen functional groups attached to an aromatic ring is 1. The molecule has 0 aromatic heterocycles. The molecule has 0 fully saturated rings. The van der Waals surface area contributed by atoms with Crippen LogP contribution in [-0.4, -0.2) is 21.4 Å². The topological polar surface area (TPSA) is 80.4 Å². The molecule has 0 aliphatic heterocycles. The number of hydrogen-bond acceptors (Lipinski definition) is 4. The Morgan fingerprint density at radius 2 is 2.12 bits per heavy atom. The molecular weight excluding hydrogens is 409 g/mol. The first-order chi connectivity index (χ1) is 7.16. The Balaban J connectivity index is 3.17. The number of alkyl halides is 2. The van der Waals surface area contributed by atoms with E-state index >= 15 is 0 Å². The third-order valence-electron chi connectivity index (χ3n) is 2.04. The van der Waals surface area contributed by atoms with Crippen molar-refractivity contribution >= 4 is 54.0 Å². The summed E-state index contributed by atoms with van der Waals surface area (Å²) >= 11 is 4.70. The van der Waals surface area contributed by atoms with Gasteiger partial charge < -0.3 is 10.8 Å². The fourth-order valence-electron chi connectivity index (χ4n) is 1.13. The van der Waals surface area contributed by atoms with Crippen LogP contribution in [-0.2, 0) is 9.84 Å². The van der Waals surface area contributed by atoms with Gasteiger partial charge in [0.2, 0.25) is 1.66 Å². The normalized spacial score (nSPS) is 17.8. The summed E-state index contributed by atoms with van der Waals surface area (Å²) in [7, 11) is -3.45. The van der Waals surface area contributed by atoms with Gasteiger partial charge in [-0.2, -0.15) is 0 Å². The Labute approximate surface area is 116 Å². The molecule has 0 spiro atoms. The smallest absolute Gasteiger partial charge is 0.206 e. The lowest BCUT2D eigenvalue weighted by molar-refractivity contribution is 0.191. The molecule has 0 heterocycles. The second kappa shape index (κ2) is 4.79. The highest BCUT2D eigenvalue weighted by Gasteiger charge is 2.43. The molecule has 0 aliphatic carbocycles. The van der Waals surface area contributed by atoms with Crippen LogP contribution in [0.1, 0.15) is 11.7 Å². The number of halogens is 2. The van der Waals surface area contributed by atoms with Gasteiger partial charge >= 0.3 is 0 Å². The number of aliphatic hydroxyl groups is 1. The van der Waals surface area contributed by atoms with Crippen molar-refractivity contribution < 1.29 is 13.5 Å². The largest absolute Gasteiger partial charge is 0.399 e. The van der Waals surface area contributed by atoms with Gasteiger partial charge in [0.15, 0.2) is 9.84 Å². The molecule has 4 nitrogen and oxygen atoms in total. The zero-order valence-corrected chi connectivity index (χ0v) is 13.0. The van der Waals surface area contributed by atoms with Gasteiger partial charge in [0.25, 0.3) is 0 Å². The van der Waals surface area contributed by atoms with E-state index in [1.54, 1.807) is 46.9 Å². The number of aliphatic hydroxyl groups excluding tert-OH is 1. The number of hydrogen-bond donors (Lipinski definition) is 2. The van der Waals surface area contributed by atoms with Crippen molar-refractivity contribution in [1.82, 2.24) is 0 Å². The number of sulfone groups is 1. The molecule has 0 amide bonds. The van der Waals surface area contributed by atoms with Gasteiger partial charge in [-0.3, -0.25) is 0 Å². The Morgan fingerprint density at radius 1 is 1.56 bits per heavy atom. The molecule has 0 unspecified atom stereocenters. The maximum atomic E-state index is 11.5. The first kappa shape index (κ1) is 14.2. The number of rotatable bonds is 3. The van der Waals surface area contributed by atoms with Crippen LogP contribution in [0.5, 0.6) is 0 Å². The van der Waals surface area contributed by atoms with Crippen LogP contribution in [0, 0.1) is 0 Å². The maximum absolute atomic E-state index is 11.5. The zero-order chi connectivity index (χ0) is 12.6. The number of benzene rings is 1. The predicted octanol–water partition coefficient (Wildman–Crippen LogP) is 1.83. The Hall–Kier alpha value is 0.140. The van der Waals surface area contributed by atoms with Gasteiger partial charge in [-0.15, -0.1) is 0 Å². The van der Waals surface area contributed by atoms with Crippen molar-refractivity contribution in [3.63, 3.8) is 0 Å². The molecule has 3 N–H and O–H groups in total. The van der Waals surface area contributed by atoms with E-state index in [1.165, 1.54) is 0 Å². The minimum atomic E-state index is -3.45. The van der Waals surface area contributed by atoms with E-state index in [0.29, 0.717) is 11.3 Å². The first-order valence-electron chi connectivity index (χ1n) is 4.27. The minimum absolute atomic E-state index is 0.455. The Morgan fingerprint density at radius 3 is 2.56 bits per heavy atom. The lowest BCUT2D eigenvalue weighted by Crippen LogP contribution is -2.31.